The van der Waals surface area contributed by atoms with Crippen LogP contribution in [0.1, 0.15) is 43.4 Å². The SMILES string of the molecule is COc1ccc(C(C)(C)C)cc1NCc1c(C)noc1C. The van der Waals surface area contributed by atoms with E-state index < -0.39 is 0 Å². The number of nitrogens with zero attached hydrogens (tertiary/aromatic N) is 1. The van der Waals surface area contributed by atoms with Gasteiger partial charge in [-0.1, -0.05) is 32.0 Å². The standard InChI is InChI=1S/C17H24N2O2/c1-11-14(12(2)21-19-11)10-18-15-9-13(17(3,4)5)7-8-16(15)20-6/h7-9,18H,10H2,1-6H3. The molecule has 0 bridgehead atoms. The Bertz CT molecular complexity index is 605. The molecule has 2 aromatic rings. The van der Waals surface area contributed by atoms with Crippen LogP contribution in [0.2, 0.25) is 0 Å². The summed E-state index contributed by atoms with van der Waals surface area (Å²) in [7, 11) is 1.69. The molecule has 0 saturated carbocycles. The highest BCUT2D eigenvalue weighted by Gasteiger charge is 2.16. The van der Waals surface area contributed by atoms with Crippen LogP contribution in [0.4, 0.5) is 5.69 Å². The first-order chi connectivity index (χ1) is 9.82. The van der Waals surface area contributed by atoms with Crippen molar-refractivity contribution in [1.82, 2.24) is 5.16 Å². The molecule has 0 aliphatic rings. The van der Waals surface area contributed by atoms with Crippen molar-refractivity contribution in [2.75, 3.05) is 12.4 Å². The lowest BCUT2D eigenvalue weighted by molar-refractivity contribution is 0.392. The van der Waals surface area contributed by atoms with Crippen LogP contribution < -0.4 is 10.1 Å². The van der Waals surface area contributed by atoms with E-state index in [0.717, 1.165) is 28.5 Å². The molecule has 4 heteroatoms. The van der Waals surface area contributed by atoms with Gasteiger partial charge in [0.1, 0.15) is 11.5 Å². The number of hydrogen-bond donors (Lipinski definition) is 1. The largest absolute Gasteiger partial charge is 0.495 e. The molecule has 0 fully saturated rings. The van der Waals surface area contributed by atoms with Gasteiger partial charge in [0.2, 0.25) is 0 Å². The Hall–Kier alpha value is -1.97. The average Bonchev–Trinajstić information content (AvgIpc) is 2.74. The Morgan fingerprint density at radius 3 is 2.48 bits per heavy atom. The van der Waals surface area contributed by atoms with Gasteiger partial charge in [-0.05, 0) is 37.0 Å². The van der Waals surface area contributed by atoms with Crippen LogP contribution >= 0.6 is 0 Å². The van der Waals surface area contributed by atoms with Gasteiger partial charge in [-0.25, -0.2) is 0 Å². The zero-order chi connectivity index (χ0) is 15.6. The molecule has 0 atom stereocenters. The molecule has 1 aromatic carbocycles. The smallest absolute Gasteiger partial charge is 0.141 e. The van der Waals surface area contributed by atoms with Crippen LogP contribution in [-0.2, 0) is 12.0 Å². The van der Waals surface area contributed by atoms with Crippen molar-refractivity contribution in [3.05, 3.63) is 40.8 Å². The van der Waals surface area contributed by atoms with Gasteiger partial charge in [0.15, 0.2) is 0 Å². The zero-order valence-electron chi connectivity index (χ0n) is 13.7. The molecule has 0 radical (unpaired) electrons. The summed E-state index contributed by atoms with van der Waals surface area (Å²) in [5, 5.41) is 7.42. The molecular weight excluding hydrogens is 264 g/mol. The number of aromatic nitrogens is 1. The van der Waals surface area contributed by atoms with Crippen LogP contribution in [0.3, 0.4) is 0 Å². The highest BCUT2D eigenvalue weighted by Crippen LogP contribution is 2.32. The van der Waals surface area contributed by atoms with Crippen LogP contribution in [0.15, 0.2) is 22.7 Å². The maximum Gasteiger partial charge on any atom is 0.141 e. The third kappa shape index (κ3) is 3.38. The monoisotopic (exact) mass is 288 g/mol. The summed E-state index contributed by atoms with van der Waals surface area (Å²) < 4.78 is 10.6. The first kappa shape index (κ1) is 15.4. The summed E-state index contributed by atoms with van der Waals surface area (Å²) in [5.41, 5.74) is 4.38. The molecule has 0 spiro atoms. The summed E-state index contributed by atoms with van der Waals surface area (Å²) in [6, 6.07) is 6.27. The highest BCUT2D eigenvalue weighted by molar-refractivity contribution is 5.59. The van der Waals surface area contributed by atoms with Crippen molar-refractivity contribution in [3.8, 4) is 5.75 Å². The van der Waals surface area contributed by atoms with E-state index in [0.29, 0.717) is 6.54 Å². The maximum absolute atomic E-state index is 5.44. The van der Waals surface area contributed by atoms with Gasteiger partial charge in [0.25, 0.3) is 0 Å². The van der Waals surface area contributed by atoms with Crippen molar-refractivity contribution in [2.24, 2.45) is 0 Å². The van der Waals surface area contributed by atoms with Crippen molar-refractivity contribution in [3.63, 3.8) is 0 Å². The predicted molar refractivity (Wildman–Crippen MR) is 85.0 cm³/mol. The van der Waals surface area contributed by atoms with E-state index in [9.17, 15) is 0 Å². The molecule has 0 saturated heterocycles. The van der Waals surface area contributed by atoms with Gasteiger partial charge in [-0.2, -0.15) is 0 Å². The number of methoxy groups -OCH3 is 1. The van der Waals surface area contributed by atoms with E-state index in [1.807, 2.05) is 19.9 Å². The third-order valence-corrected chi connectivity index (χ3v) is 3.70. The Kier molecular flexibility index (Phi) is 4.26. The first-order valence-corrected chi connectivity index (χ1v) is 7.17. The fourth-order valence-corrected chi connectivity index (χ4v) is 2.25. The lowest BCUT2D eigenvalue weighted by atomic mass is 9.87. The minimum Gasteiger partial charge on any atom is -0.495 e. The molecule has 2 rings (SSSR count). The molecule has 1 heterocycles. The van der Waals surface area contributed by atoms with Gasteiger partial charge in [0.05, 0.1) is 18.5 Å². The molecule has 0 amide bonds. The predicted octanol–water partition coefficient (Wildman–Crippen LogP) is 4.21. The quantitative estimate of drug-likeness (QED) is 0.915. The van der Waals surface area contributed by atoms with Crippen LogP contribution in [0, 0.1) is 13.8 Å². The first-order valence-electron chi connectivity index (χ1n) is 7.17. The number of rotatable bonds is 4. The van der Waals surface area contributed by atoms with Crippen molar-refractivity contribution < 1.29 is 9.26 Å². The molecule has 0 aliphatic heterocycles. The number of aryl methyl sites for hydroxylation is 2. The van der Waals surface area contributed by atoms with E-state index in [4.69, 9.17) is 9.26 Å². The summed E-state index contributed by atoms with van der Waals surface area (Å²) in [6.45, 7) is 11.2. The van der Waals surface area contributed by atoms with E-state index in [1.165, 1.54) is 5.56 Å². The highest BCUT2D eigenvalue weighted by atomic mass is 16.5. The summed E-state index contributed by atoms with van der Waals surface area (Å²) in [6.07, 6.45) is 0. The van der Waals surface area contributed by atoms with E-state index in [2.05, 4.69) is 43.4 Å². The molecule has 114 valence electrons. The average molecular weight is 288 g/mol. The minimum absolute atomic E-state index is 0.103. The molecule has 1 aromatic heterocycles. The normalized spacial score (nSPS) is 11.5. The molecule has 0 unspecified atom stereocenters. The van der Waals surface area contributed by atoms with Gasteiger partial charge in [0, 0.05) is 12.1 Å². The third-order valence-electron chi connectivity index (χ3n) is 3.70. The minimum atomic E-state index is 0.103. The zero-order valence-corrected chi connectivity index (χ0v) is 13.7. The molecule has 0 aliphatic carbocycles. The van der Waals surface area contributed by atoms with E-state index in [1.54, 1.807) is 7.11 Å². The summed E-state index contributed by atoms with van der Waals surface area (Å²) in [4.78, 5) is 0. The summed E-state index contributed by atoms with van der Waals surface area (Å²) >= 11 is 0. The number of ether oxygens (including phenoxy) is 1. The van der Waals surface area contributed by atoms with Crippen molar-refractivity contribution >= 4 is 5.69 Å². The number of anilines is 1. The maximum atomic E-state index is 5.44. The lowest BCUT2D eigenvalue weighted by Crippen LogP contribution is -2.12. The Morgan fingerprint density at radius 2 is 1.95 bits per heavy atom. The fraction of sp³-hybridized carbons (Fsp3) is 0.471. The van der Waals surface area contributed by atoms with Crippen molar-refractivity contribution in [2.45, 2.75) is 46.6 Å². The molecule has 1 N–H and O–H groups in total. The van der Waals surface area contributed by atoms with E-state index in [-0.39, 0.29) is 5.41 Å². The Labute approximate surface area is 126 Å². The van der Waals surface area contributed by atoms with Gasteiger partial charge >= 0.3 is 0 Å². The molecule has 4 nitrogen and oxygen atoms in total. The van der Waals surface area contributed by atoms with E-state index >= 15 is 0 Å². The fourth-order valence-electron chi connectivity index (χ4n) is 2.25. The van der Waals surface area contributed by atoms with Gasteiger partial charge in [-0.3, -0.25) is 0 Å². The summed E-state index contributed by atoms with van der Waals surface area (Å²) in [5.74, 6) is 1.70. The second-order valence-corrected chi connectivity index (χ2v) is 6.32. The molecular formula is C17H24N2O2. The Balaban J connectivity index is 2.26. The topological polar surface area (TPSA) is 47.3 Å². The van der Waals surface area contributed by atoms with Crippen LogP contribution in [-0.4, -0.2) is 12.3 Å². The number of nitrogens with one attached hydrogen (secondary N) is 1. The lowest BCUT2D eigenvalue weighted by Gasteiger charge is -2.21. The second-order valence-electron chi connectivity index (χ2n) is 6.32. The van der Waals surface area contributed by atoms with Gasteiger partial charge in [-0.15, -0.1) is 0 Å². The van der Waals surface area contributed by atoms with Gasteiger partial charge < -0.3 is 14.6 Å². The second kappa shape index (κ2) is 5.80. The Morgan fingerprint density at radius 1 is 1.24 bits per heavy atom. The number of benzene rings is 1. The van der Waals surface area contributed by atoms with Crippen LogP contribution in [0.5, 0.6) is 5.75 Å². The van der Waals surface area contributed by atoms with Crippen molar-refractivity contribution in [1.29, 1.82) is 0 Å². The number of hydrogen-bond acceptors (Lipinski definition) is 4. The molecule has 21 heavy (non-hydrogen) atoms. The van der Waals surface area contributed by atoms with Crippen LogP contribution in [0.25, 0.3) is 0 Å².